The Morgan fingerprint density at radius 2 is 1.97 bits per heavy atom. The van der Waals surface area contributed by atoms with E-state index < -0.39 is 41.7 Å². The van der Waals surface area contributed by atoms with E-state index in [1.54, 1.807) is 32.0 Å². The number of phenolic OH excluding ortho intramolecular Hbond substituents is 1. The van der Waals surface area contributed by atoms with Crippen molar-refractivity contribution in [1.82, 2.24) is 9.97 Å². The number of aryl methyl sites for hydroxylation is 1. The van der Waals surface area contributed by atoms with Gasteiger partial charge in [-0.3, -0.25) is 0 Å². The molecule has 3 aromatic rings. The number of halogens is 4. The van der Waals surface area contributed by atoms with Crippen molar-refractivity contribution in [2.45, 2.75) is 56.8 Å². The van der Waals surface area contributed by atoms with Crippen LogP contribution < -0.4 is 5.32 Å². The van der Waals surface area contributed by atoms with Gasteiger partial charge < -0.3 is 15.5 Å². The highest BCUT2D eigenvalue weighted by molar-refractivity contribution is 5.91. The van der Waals surface area contributed by atoms with E-state index in [1.807, 2.05) is 0 Å². The number of benzene rings is 2. The van der Waals surface area contributed by atoms with Crippen molar-refractivity contribution in [3.8, 4) is 5.75 Å². The van der Waals surface area contributed by atoms with Gasteiger partial charge in [0.05, 0.1) is 11.6 Å². The largest absolute Gasteiger partial charge is 0.505 e. The number of aromatic nitrogens is 2. The van der Waals surface area contributed by atoms with E-state index in [0.29, 0.717) is 28.8 Å². The molecule has 0 radical (unpaired) electrons. The summed E-state index contributed by atoms with van der Waals surface area (Å²) in [6.45, 7) is 3.48. The van der Waals surface area contributed by atoms with E-state index in [1.165, 1.54) is 12.3 Å². The number of phenols is 1. The van der Waals surface area contributed by atoms with E-state index in [-0.39, 0.29) is 17.5 Å². The maximum atomic E-state index is 14.3. The highest BCUT2D eigenvalue weighted by atomic mass is 19.4. The molecule has 9 heteroatoms. The number of rotatable bonds is 4. The van der Waals surface area contributed by atoms with Crippen molar-refractivity contribution in [3.63, 3.8) is 0 Å². The molecule has 2 aromatic carbocycles. The van der Waals surface area contributed by atoms with Crippen LogP contribution in [0.15, 0.2) is 36.5 Å². The summed E-state index contributed by atoms with van der Waals surface area (Å²) in [6, 6.07) is 5.35. The number of aliphatic hydroxyl groups is 1. The van der Waals surface area contributed by atoms with Crippen molar-refractivity contribution in [2.75, 3.05) is 5.32 Å². The smallest absolute Gasteiger partial charge is 0.419 e. The Morgan fingerprint density at radius 1 is 1.22 bits per heavy atom. The van der Waals surface area contributed by atoms with Crippen LogP contribution in [0.25, 0.3) is 10.9 Å². The van der Waals surface area contributed by atoms with Crippen molar-refractivity contribution in [3.05, 3.63) is 59.3 Å². The Labute approximate surface area is 182 Å². The van der Waals surface area contributed by atoms with Gasteiger partial charge in [-0.05, 0) is 49.4 Å². The van der Waals surface area contributed by atoms with Gasteiger partial charge in [-0.2, -0.15) is 13.2 Å². The summed E-state index contributed by atoms with van der Waals surface area (Å²) in [6.07, 6.45) is -3.41. The predicted octanol–water partition coefficient (Wildman–Crippen LogP) is 5.52. The third kappa shape index (κ3) is 3.54. The van der Waals surface area contributed by atoms with Gasteiger partial charge in [0.25, 0.3) is 0 Å². The van der Waals surface area contributed by atoms with Crippen LogP contribution in [-0.4, -0.2) is 32.0 Å². The molecule has 32 heavy (non-hydrogen) atoms. The number of fused-ring (bicyclic) bond motifs is 2. The molecule has 0 unspecified atom stereocenters. The number of alkyl halides is 3. The summed E-state index contributed by atoms with van der Waals surface area (Å²) in [5.74, 6) is -1.93. The lowest BCUT2D eigenvalue weighted by molar-refractivity contribution is -0.273. The SMILES string of the molecule is CCC[C@@H]1C[C@@](O)(C(F)(F)F)[C@@H](Nc2cccc3nc(C)ncc23)c2ccc(F)c(O)c21. The van der Waals surface area contributed by atoms with Crippen LogP contribution in [0.1, 0.15) is 55.1 Å². The van der Waals surface area contributed by atoms with E-state index in [0.717, 1.165) is 6.07 Å². The van der Waals surface area contributed by atoms with Crippen molar-refractivity contribution < 1.29 is 27.8 Å². The molecule has 1 aliphatic carbocycles. The lowest BCUT2D eigenvalue weighted by atomic mass is 9.68. The third-order valence-electron chi connectivity index (χ3n) is 6.13. The maximum Gasteiger partial charge on any atom is 0.419 e. The van der Waals surface area contributed by atoms with Crippen LogP contribution in [0.4, 0.5) is 23.2 Å². The maximum absolute atomic E-state index is 14.3. The number of nitrogens with one attached hydrogen (secondary N) is 1. The van der Waals surface area contributed by atoms with E-state index >= 15 is 0 Å². The molecule has 170 valence electrons. The zero-order chi connectivity index (χ0) is 23.3. The Kier molecular flexibility index (Phi) is 5.48. The standard InChI is InChI=1S/C23H23F4N3O2/c1-3-5-13-10-22(32,23(25,26)27)21(14-8-9-16(24)20(31)19(13)14)30-18-7-4-6-17-15(18)11-28-12(2)29-17/h4,6-9,11,13,21,30-32H,3,5,10H2,1-2H3/t13-,21+,22+/m1/s1. The summed E-state index contributed by atoms with van der Waals surface area (Å²) in [5, 5.41) is 24.8. The lowest BCUT2D eigenvalue weighted by Gasteiger charge is -2.46. The first kappa shape index (κ1) is 22.3. The van der Waals surface area contributed by atoms with Crippen LogP contribution in [0.5, 0.6) is 5.75 Å². The highest BCUT2D eigenvalue weighted by Crippen LogP contribution is 2.55. The summed E-state index contributed by atoms with van der Waals surface area (Å²) in [4.78, 5) is 8.42. The molecule has 0 fully saturated rings. The van der Waals surface area contributed by atoms with E-state index in [2.05, 4.69) is 15.3 Å². The Bertz CT molecular complexity index is 1170. The van der Waals surface area contributed by atoms with Crippen molar-refractivity contribution in [2.24, 2.45) is 0 Å². The van der Waals surface area contributed by atoms with Crippen LogP contribution in [0.3, 0.4) is 0 Å². The fraction of sp³-hybridized carbons (Fsp3) is 0.391. The Morgan fingerprint density at radius 3 is 2.66 bits per heavy atom. The summed E-state index contributed by atoms with van der Waals surface area (Å²) >= 11 is 0. The van der Waals surface area contributed by atoms with Gasteiger partial charge in [-0.25, -0.2) is 14.4 Å². The van der Waals surface area contributed by atoms with Gasteiger partial charge in [0.1, 0.15) is 5.82 Å². The second-order valence-electron chi connectivity index (χ2n) is 8.24. The Hall–Kier alpha value is -2.94. The van der Waals surface area contributed by atoms with Crippen LogP contribution in [0.2, 0.25) is 0 Å². The minimum Gasteiger partial charge on any atom is -0.505 e. The van der Waals surface area contributed by atoms with Crippen LogP contribution >= 0.6 is 0 Å². The molecule has 4 rings (SSSR count). The molecule has 1 aromatic heterocycles. The lowest BCUT2D eigenvalue weighted by Crippen LogP contribution is -2.55. The molecule has 3 atom stereocenters. The molecule has 5 nitrogen and oxygen atoms in total. The van der Waals surface area contributed by atoms with Crippen molar-refractivity contribution in [1.29, 1.82) is 0 Å². The van der Waals surface area contributed by atoms with Gasteiger partial charge in [0, 0.05) is 22.8 Å². The normalized spacial score (nSPS) is 23.2. The first-order valence-corrected chi connectivity index (χ1v) is 10.4. The average Bonchev–Trinajstić information content (AvgIpc) is 2.72. The summed E-state index contributed by atoms with van der Waals surface area (Å²) in [7, 11) is 0. The van der Waals surface area contributed by atoms with Gasteiger partial charge in [-0.15, -0.1) is 0 Å². The molecule has 0 amide bonds. The second kappa shape index (κ2) is 7.88. The molecule has 1 heterocycles. The third-order valence-corrected chi connectivity index (χ3v) is 6.13. The molecule has 3 N–H and O–H groups in total. The fourth-order valence-corrected chi connectivity index (χ4v) is 4.63. The molecule has 0 spiro atoms. The second-order valence-corrected chi connectivity index (χ2v) is 8.24. The number of nitrogens with zero attached hydrogens (tertiary/aromatic N) is 2. The zero-order valence-electron chi connectivity index (χ0n) is 17.5. The number of anilines is 1. The van der Waals surface area contributed by atoms with Crippen LogP contribution in [-0.2, 0) is 0 Å². The Balaban J connectivity index is 1.92. The molecule has 0 saturated carbocycles. The molecule has 0 saturated heterocycles. The van der Waals surface area contributed by atoms with Crippen molar-refractivity contribution >= 4 is 16.6 Å². The number of aromatic hydroxyl groups is 1. The summed E-state index contributed by atoms with van der Waals surface area (Å²) in [5.41, 5.74) is -2.21. The van der Waals surface area contributed by atoms with Gasteiger partial charge in [0.15, 0.2) is 17.2 Å². The van der Waals surface area contributed by atoms with Gasteiger partial charge in [-0.1, -0.05) is 25.5 Å². The van der Waals surface area contributed by atoms with Gasteiger partial charge in [0.2, 0.25) is 0 Å². The van der Waals surface area contributed by atoms with E-state index in [4.69, 9.17) is 0 Å². The number of hydrogen-bond acceptors (Lipinski definition) is 5. The number of hydrogen-bond donors (Lipinski definition) is 3. The molecule has 0 aliphatic heterocycles. The monoisotopic (exact) mass is 449 g/mol. The van der Waals surface area contributed by atoms with E-state index in [9.17, 15) is 27.8 Å². The first-order chi connectivity index (χ1) is 15.1. The fourth-order valence-electron chi connectivity index (χ4n) is 4.63. The minimum absolute atomic E-state index is 0.0125. The predicted molar refractivity (Wildman–Crippen MR) is 112 cm³/mol. The topological polar surface area (TPSA) is 78.3 Å². The first-order valence-electron chi connectivity index (χ1n) is 10.4. The molecular formula is C23H23F4N3O2. The van der Waals surface area contributed by atoms with Crippen LogP contribution in [0, 0.1) is 12.7 Å². The molecular weight excluding hydrogens is 426 g/mol. The highest BCUT2D eigenvalue weighted by Gasteiger charge is 2.62. The molecule has 1 aliphatic rings. The molecule has 0 bridgehead atoms. The zero-order valence-corrected chi connectivity index (χ0v) is 17.5. The van der Waals surface area contributed by atoms with Gasteiger partial charge >= 0.3 is 6.18 Å². The summed E-state index contributed by atoms with van der Waals surface area (Å²) < 4.78 is 57.0. The minimum atomic E-state index is -4.98. The quantitative estimate of drug-likeness (QED) is 0.458. The average molecular weight is 449 g/mol.